The van der Waals surface area contributed by atoms with Gasteiger partial charge in [0, 0.05) is 19.6 Å². The van der Waals surface area contributed by atoms with Gasteiger partial charge in [0.05, 0.1) is 22.1 Å². The predicted molar refractivity (Wildman–Crippen MR) is 114 cm³/mol. The van der Waals surface area contributed by atoms with Crippen LogP contribution in [0.2, 0.25) is 0 Å². The number of fused-ring (bicyclic) bond motifs is 1. The molecule has 31 heavy (non-hydrogen) atoms. The number of nitrogens with zero attached hydrogens (tertiary/aromatic N) is 3. The van der Waals surface area contributed by atoms with Crippen LogP contribution in [0.5, 0.6) is 0 Å². The smallest absolute Gasteiger partial charge is 0.261 e. The number of aromatic nitrogens is 2. The van der Waals surface area contributed by atoms with Gasteiger partial charge in [0.1, 0.15) is 12.4 Å². The molecule has 8 nitrogen and oxygen atoms in total. The van der Waals surface area contributed by atoms with Crippen LogP contribution in [0.3, 0.4) is 0 Å². The predicted octanol–water partition coefficient (Wildman–Crippen LogP) is 1.88. The third-order valence-electron chi connectivity index (χ3n) is 4.86. The van der Waals surface area contributed by atoms with E-state index >= 15 is 0 Å². The number of carbonyl (C=O) groups is 1. The van der Waals surface area contributed by atoms with Crippen LogP contribution < -0.4 is 10.9 Å². The molecule has 164 valence electrons. The van der Waals surface area contributed by atoms with E-state index in [4.69, 9.17) is 0 Å². The molecule has 3 rings (SSSR count). The van der Waals surface area contributed by atoms with Crippen molar-refractivity contribution in [3.63, 3.8) is 0 Å². The number of nitrogens with one attached hydrogen (secondary N) is 1. The average Bonchev–Trinajstić information content (AvgIpc) is 2.75. The number of amides is 1. The monoisotopic (exact) mass is 446 g/mol. The Hall–Kier alpha value is -3.11. The van der Waals surface area contributed by atoms with Gasteiger partial charge in [0.2, 0.25) is 15.9 Å². The van der Waals surface area contributed by atoms with Crippen molar-refractivity contribution in [2.24, 2.45) is 0 Å². The van der Waals surface area contributed by atoms with Crippen molar-refractivity contribution in [1.82, 2.24) is 19.2 Å². The molecule has 0 spiro atoms. The molecule has 0 bridgehead atoms. The van der Waals surface area contributed by atoms with Crippen molar-refractivity contribution < 1.29 is 17.6 Å². The lowest BCUT2D eigenvalue weighted by molar-refractivity contribution is -0.121. The summed E-state index contributed by atoms with van der Waals surface area (Å²) in [5.41, 5.74) is 0.548. The number of sulfonamides is 1. The SMILES string of the molecule is CCN(CC)S(=O)(=O)c1ccc(CNC(=O)Cn2cnc3ccc(F)cc3c2=O)cc1. The molecule has 0 saturated heterocycles. The van der Waals surface area contributed by atoms with Crippen LogP contribution in [0, 0.1) is 5.82 Å². The zero-order chi connectivity index (χ0) is 22.6. The van der Waals surface area contributed by atoms with Crippen LogP contribution in [-0.4, -0.2) is 41.3 Å². The molecular weight excluding hydrogens is 423 g/mol. The molecule has 1 heterocycles. The zero-order valence-electron chi connectivity index (χ0n) is 17.2. The Morgan fingerprint density at radius 2 is 1.81 bits per heavy atom. The fourth-order valence-corrected chi connectivity index (χ4v) is 4.60. The van der Waals surface area contributed by atoms with E-state index in [2.05, 4.69) is 10.3 Å². The highest BCUT2D eigenvalue weighted by molar-refractivity contribution is 7.89. The molecule has 0 aliphatic rings. The number of halogens is 1. The average molecular weight is 447 g/mol. The van der Waals surface area contributed by atoms with Crippen LogP contribution >= 0.6 is 0 Å². The Morgan fingerprint density at radius 1 is 1.13 bits per heavy atom. The lowest BCUT2D eigenvalue weighted by atomic mass is 10.2. The van der Waals surface area contributed by atoms with E-state index < -0.39 is 27.3 Å². The standard InChI is InChI=1S/C21H23FN4O4S/c1-3-26(4-2)31(29,30)17-8-5-15(6-9-17)12-23-20(27)13-25-14-24-19-10-7-16(22)11-18(19)21(25)28/h5-11,14H,3-4,12-13H2,1-2H3,(H,23,27). The van der Waals surface area contributed by atoms with Gasteiger partial charge in [-0.2, -0.15) is 4.31 Å². The summed E-state index contributed by atoms with van der Waals surface area (Å²) < 4.78 is 40.9. The first-order chi connectivity index (χ1) is 14.8. The maximum Gasteiger partial charge on any atom is 0.261 e. The van der Waals surface area contributed by atoms with Gasteiger partial charge < -0.3 is 5.32 Å². The largest absolute Gasteiger partial charge is 0.350 e. The molecule has 0 aliphatic heterocycles. The van der Waals surface area contributed by atoms with Gasteiger partial charge in [-0.15, -0.1) is 0 Å². The van der Waals surface area contributed by atoms with Crippen molar-refractivity contribution >= 4 is 26.8 Å². The summed E-state index contributed by atoms with van der Waals surface area (Å²) in [5.74, 6) is -0.987. The number of rotatable bonds is 8. The van der Waals surface area contributed by atoms with Crippen molar-refractivity contribution in [3.05, 3.63) is 70.5 Å². The van der Waals surface area contributed by atoms with Crippen LogP contribution in [0.15, 0.2) is 58.5 Å². The fraction of sp³-hybridized carbons (Fsp3) is 0.286. The molecule has 0 atom stereocenters. The Kier molecular flexibility index (Phi) is 6.81. The minimum Gasteiger partial charge on any atom is -0.350 e. The maximum absolute atomic E-state index is 13.4. The first-order valence-corrected chi connectivity index (χ1v) is 11.2. The minimum absolute atomic E-state index is 0.0975. The molecule has 0 saturated carbocycles. The molecule has 10 heteroatoms. The normalized spacial score (nSPS) is 11.7. The summed E-state index contributed by atoms with van der Waals surface area (Å²) in [6, 6.07) is 9.97. The number of hydrogen-bond donors (Lipinski definition) is 1. The lowest BCUT2D eigenvalue weighted by Crippen LogP contribution is -2.32. The van der Waals surface area contributed by atoms with E-state index in [-0.39, 0.29) is 23.4 Å². The second-order valence-electron chi connectivity index (χ2n) is 6.85. The van der Waals surface area contributed by atoms with Gasteiger partial charge in [0.15, 0.2) is 0 Å². The van der Waals surface area contributed by atoms with Gasteiger partial charge >= 0.3 is 0 Å². The Bertz CT molecular complexity index is 1250. The Morgan fingerprint density at radius 3 is 2.45 bits per heavy atom. The summed E-state index contributed by atoms with van der Waals surface area (Å²) >= 11 is 0. The highest BCUT2D eigenvalue weighted by Gasteiger charge is 2.21. The lowest BCUT2D eigenvalue weighted by Gasteiger charge is -2.18. The Labute approximate surface area is 179 Å². The first kappa shape index (κ1) is 22.6. The molecule has 0 fully saturated rings. The second kappa shape index (κ2) is 9.36. The van der Waals surface area contributed by atoms with Crippen LogP contribution in [0.4, 0.5) is 4.39 Å². The van der Waals surface area contributed by atoms with Crippen molar-refractivity contribution in [1.29, 1.82) is 0 Å². The van der Waals surface area contributed by atoms with Gasteiger partial charge in [-0.1, -0.05) is 26.0 Å². The molecule has 2 aromatic carbocycles. The molecule has 0 unspecified atom stereocenters. The van der Waals surface area contributed by atoms with Crippen LogP contribution in [0.25, 0.3) is 10.9 Å². The quantitative estimate of drug-likeness (QED) is 0.569. The molecule has 0 aliphatic carbocycles. The summed E-state index contributed by atoms with van der Waals surface area (Å²) in [5, 5.41) is 2.77. The van der Waals surface area contributed by atoms with Gasteiger partial charge in [-0.05, 0) is 35.9 Å². The van der Waals surface area contributed by atoms with E-state index in [1.54, 1.807) is 26.0 Å². The topological polar surface area (TPSA) is 101 Å². The highest BCUT2D eigenvalue weighted by atomic mass is 32.2. The third-order valence-corrected chi connectivity index (χ3v) is 6.92. The fourth-order valence-electron chi connectivity index (χ4n) is 3.15. The zero-order valence-corrected chi connectivity index (χ0v) is 18.0. The minimum atomic E-state index is -3.54. The summed E-state index contributed by atoms with van der Waals surface area (Å²) in [4.78, 5) is 29.0. The molecule has 1 aromatic heterocycles. The van der Waals surface area contributed by atoms with Crippen molar-refractivity contribution in [3.8, 4) is 0 Å². The summed E-state index contributed by atoms with van der Waals surface area (Å²) in [7, 11) is -3.54. The molecule has 0 radical (unpaired) electrons. The number of hydrogen-bond acceptors (Lipinski definition) is 5. The van der Waals surface area contributed by atoms with Crippen LogP contribution in [0.1, 0.15) is 19.4 Å². The molecular formula is C21H23FN4O4S. The van der Waals surface area contributed by atoms with Gasteiger partial charge in [-0.25, -0.2) is 17.8 Å². The Balaban J connectivity index is 1.66. The third kappa shape index (κ3) is 4.97. The summed E-state index contributed by atoms with van der Waals surface area (Å²) in [6.45, 7) is 4.20. The van der Waals surface area contributed by atoms with E-state index in [1.165, 1.54) is 34.9 Å². The van der Waals surface area contributed by atoms with Gasteiger partial charge in [-0.3, -0.25) is 14.2 Å². The van der Waals surface area contributed by atoms with E-state index in [9.17, 15) is 22.4 Å². The second-order valence-corrected chi connectivity index (χ2v) is 8.79. The molecule has 1 N–H and O–H groups in total. The molecule has 1 amide bonds. The number of benzene rings is 2. The highest BCUT2D eigenvalue weighted by Crippen LogP contribution is 2.16. The molecule has 3 aromatic rings. The first-order valence-electron chi connectivity index (χ1n) is 9.76. The van der Waals surface area contributed by atoms with Crippen LogP contribution in [-0.2, 0) is 27.9 Å². The van der Waals surface area contributed by atoms with Crippen molar-refractivity contribution in [2.75, 3.05) is 13.1 Å². The van der Waals surface area contributed by atoms with Crippen molar-refractivity contribution in [2.45, 2.75) is 31.8 Å². The van der Waals surface area contributed by atoms with Gasteiger partial charge in [0.25, 0.3) is 5.56 Å². The maximum atomic E-state index is 13.4. The van der Waals surface area contributed by atoms with E-state index in [0.717, 1.165) is 10.6 Å². The number of carbonyl (C=O) groups excluding carboxylic acids is 1. The van der Waals surface area contributed by atoms with E-state index in [0.29, 0.717) is 24.2 Å². The summed E-state index contributed by atoms with van der Waals surface area (Å²) in [6.07, 6.45) is 1.25. The van der Waals surface area contributed by atoms with E-state index in [1.807, 2.05) is 0 Å².